The molecule has 0 spiro atoms. The molecule has 0 unspecified atom stereocenters. The van der Waals surface area contributed by atoms with E-state index in [2.05, 4.69) is 10.4 Å². The first kappa shape index (κ1) is 17.9. The van der Waals surface area contributed by atoms with Crippen LogP contribution in [0.1, 0.15) is 32.8 Å². The van der Waals surface area contributed by atoms with Gasteiger partial charge in [0.05, 0.1) is 23.9 Å². The minimum atomic E-state index is -0.491. The van der Waals surface area contributed by atoms with Crippen molar-refractivity contribution in [2.24, 2.45) is 12.8 Å². The van der Waals surface area contributed by atoms with Crippen LogP contribution >= 0.6 is 0 Å². The second-order valence-corrected chi connectivity index (χ2v) is 6.29. The number of carbonyl (C=O) groups excluding carboxylic acids is 2. The Hall–Kier alpha value is -2.87. The summed E-state index contributed by atoms with van der Waals surface area (Å²) >= 11 is 0. The van der Waals surface area contributed by atoms with Crippen LogP contribution in [0.5, 0.6) is 5.75 Å². The van der Waals surface area contributed by atoms with Crippen LogP contribution in [0, 0.1) is 6.92 Å². The summed E-state index contributed by atoms with van der Waals surface area (Å²) in [7, 11) is 1.78. The van der Waals surface area contributed by atoms with E-state index in [1.165, 1.54) is 0 Å². The lowest BCUT2D eigenvalue weighted by atomic mass is 10.1. The predicted molar refractivity (Wildman–Crippen MR) is 94.0 cm³/mol. The van der Waals surface area contributed by atoms with Crippen molar-refractivity contribution in [3.05, 3.63) is 47.3 Å². The van der Waals surface area contributed by atoms with Gasteiger partial charge in [-0.1, -0.05) is 0 Å². The average Bonchev–Trinajstić information content (AvgIpc) is 2.95. The molecular weight excluding hydrogens is 336 g/mol. The molecular formula is C18H22N4O4. The summed E-state index contributed by atoms with van der Waals surface area (Å²) in [6.07, 6.45) is 2.02. The lowest BCUT2D eigenvalue weighted by Gasteiger charge is -2.32. The molecule has 3 rings (SSSR count). The molecule has 2 heterocycles. The summed E-state index contributed by atoms with van der Waals surface area (Å²) in [4.78, 5) is 23.7. The molecule has 0 radical (unpaired) electrons. The summed E-state index contributed by atoms with van der Waals surface area (Å²) in [5.74, 6) is -0.0861. The van der Waals surface area contributed by atoms with Gasteiger partial charge in [-0.05, 0) is 37.6 Å². The fraction of sp³-hybridized carbons (Fsp3) is 0.389. The Bertz CT molecular complexity index is 800. The number of aryl methyl sites for hydroxylation is 2. The highest BCUT2D eigenvalue weighted by molar-refractivity contribution is 5.95. The lowest BCUT2D eigenvalue weighted by Crippen LogP contribution is -2.51. The van der Waals surface area contributed by atoms with Crippen molar-refractivity contribution in [2.75, 3.05) is 13.2 Å². The second-order valence-electron chi connectivity index (χ2n) is 6.29. The number of aromatic nitrogens is 2. The van der Waals surface area contributed by atoms with Crippen molar-refractivity contribution in [3.8, 4) is 5.75 Å². The number of amides is 2. The van der Waals surface area contributed by atoms with E-state index in [0.717, 1.165) is 0 Å². The van der Waals surface area contributed by atoms with Gasteiger partial charge in [-0.3, -0.25) is 14.3 Å². The van der Waals surface area contributed by atoms with Gasteiger partial charge in [-0.25, -0.2) is 0 Å². The SMILES string of the molecule is Cc1nn(C)cc1C(=O)N[C@@H]1CCOC[C@H]1Oc1ccc(C(N)=O)cc1. The fourth-order valence-electron chi connectivity index (χ4n) is 2.93. The monoisotopic (exact) mass is 358 g/mol. The van der Waals surface area contributed by atoms with Gasteiger partial charge in [0, 0.05) is 25.4 Å². The van der Waals surface area contributed by atoms with E-state index in [1.54, 1.807) is 49.1 Å². The molecule has 8 nitrogen and oxygen atoms in total. The zero-order chi connectivity index (χ0) is 18.7. The summed E-state index contributed by atoms with van der Waals surface area (Å²) in [6.45, 7) is 2.72. The van der Waals surface area contributed by atoms with Crippen LogP contribution in [0.2, 0.25) is 0 Å². The summed E-state index contributed by atoms with van der Waals surface area (Å²) in [5, 5.41) is 7.21. The molecule has 8 heteroatoms. The third-order valence-electron chi connectivity index (χ3n) is 4.30. The molecule has 2 aromatic rings. The van der Waals surface area contributed by atoms with E-state index in [4.69, 9.17) is 15.2 Å². The largest absolute Gasteiger partial charge is 0.486 e. The van der Waals surface area contributed by atoms with E-state index in [1.807, 2.05) is 0 Å². The number of nitrogens with two attached hydrogens (primary N) is 1. The zero-order valence-electron chi connectivity index (χ0n) is 14.8. The smallest absolute Gasteiger partial charge is 0.255 e. The topological polar surface area (TPSA) is 108 Å². The number of nitrogens with one attached hydrogen (secondary N) is 1. The third kappa shape index (κ3) is 4.02. The number of ether oxygens (including phenoxy) is 2. The van der Waals surface area contributed by atoms with Crippen LogP contribution < -0.4 is 15.8 Å². The number of benzene rings is 1. The van der Waals surface area contributed by atoms with Crippen LogP contribution in [-0.2, 0) is 11.8 Å². The van der Waals surface area contributed by atoms with Crippen LogP contribution in [0.15, 0.2) is 30.5 Å². The fourth-order valence-corrected chi connectivity index (χ4v) is 2.93. The zero-order valence-corrected chi connectivity index (χ0v) is 14.8. The van der Waals surface area contributed by atoms with Crippen molar-refractivity contribution in [1.82, 2.24) is 15.1 Å². The highest BCUT2D eigenvalue weighted by Gasteiger charge is 2.30. The Labute approximate surface area is 151 Å². The second kappa shape index (κ2) is 7.57. The Balaban J connectivity index is 1.68. The van der Waals surface area contributed by atoms with Gasteiger partial charge in [0.1, 0.15) is 11.9 Å². The van der Waals surface area contributed by atoms with Crippen LogP contribution in [0.25, 0.3) is 0 Å². The molecule has 26 heavy (non-hydrogen) atoms. The summed E-state index contributed by atoms with van der Waals surface area (Å²) in [5.41, 5.74) is 6.87. The molecule has 2 amide bonds. The highest BCUT2D eigenvalue weighted by atomic mass is 16.5. The van der Waals surface area contributed by atoms with Crippen molar-refractivity contribution < 1.29 is 19.1 Å². The lowest BCUT2D eigenvalue weighted by molar-refractivity contribution is -0.0135. The van der Waals surface area contributed by atoms with Crippen LogP contribution in [0.3, 0.4) is 0 Å². The maximum atomic E-state index is 12.6. The van der Waals surface area contributed by atoms with Gasteiger partial charge < -0.3 is 20.5 Å². The van der Waals surface area contributed by atoms with Gasteiger partial charge in [-0.15, -0.1) is 0 Å². The van der Waals surface area contributed by atoms with E-state index in [0.29, 0.717) is 42.2 Å². The summed E-state index contributed by atoms with van der Waals surface area (Å²) in [6, 6.07) is 6.38. The van der Waals surface area contributed by atoms with Gasteiger partial charge in [0.25, 0.3) is 5.91 Å². The Kier molecular flexibility index (Phi) is 5.22. The molecule has 0 bridgehead atoms. The predicted octanol–water partition coefficient (Wildman–Crippen LogP) is 0.794. The number of hydrogen-bond donors (Lipinski definition) is 2. The summed E-state index contributed by atoms with van der Waals surface area (Å²) < 4.78 is 13.1. The minimum Gasteiger partial charge on any atom is -0.486 e. The van der Waals surface area contributed by atoms with Crippen molar-refractivity contribution in [2.45, 2.75) is 25.5 Å². The molecule has 1 fully saturated rings. The number of carbonyl (C=O) groups is 2. The number of primary amides is 1. The van der Waals surface area contributed by atoms with E-state index in [9.17, 15) is 9.59 Å². The third-order valence-corrected chi connectivity index (χ3v) is 4.30. The van der Waals surface area contributed by atoms with Gasteiger partial charge >= 0.3 is 0 Å². The van der Waals surface area contributed by atoms with Gasteiger partial charge in [0.15, 0.2) is 0 Å². The standard InChI is InChI=1S/C18H22N4O4/c1-11-14(9-22(2)21-11)18(24)20-15-7-8-25-10-16(15)26-13-5-3-12(4-6-13)17(19)23/h3-6,9,15-16H,7-8,10H2,1-2H3,(H2,19,23)(H,20,24)/t15-,16-/m1/s1. The number of hydrogen-bond acceptors (Lipinski definition) is 5. The Morgan fingerprint density at radius 1 is 1.35 bits per heavy atom. The first-order chi connectivity index (χ1) is 12.4. The van der Waals surface area contributed by atoms with E-state index in [-0.39, 0.29) is 18.1 Å². The minimum absolute atomic E-state index is 0.180. The first-order valence-electron chi connectivity index (χ1n) is 8.39. The van der Waals surface area contributed by atoms with Crippen molar-refractivity contribution in [1.29, 1.82) is 0 Å². The highest BCUT2D eigenvalue weighted by Crippen LogP contribution is 2.19. The molecule has 1 aromatic heterocycles. The Morgan fingerprint density at radius 3 is 2.69 bits per heavy atom. The van der Waals surface area contributed by atoms with Crippen molar-refractivity contribution in [3.63, 3.8) is 0 Å². The van der Waals surface area contributed by atoms with Crippen molar-refractivity contribution >= 4 is 11.8 Å². The number of nitrogens with zero attached hydrogens (tertiary/aromatic N) is 2. The first-order valence-corrected chi connectivity index (χ1v) is 8.39. The molecule has 0 saturated carbocycles. The normalized spacial score (nSPS) is 19.8. The molecule has 3 N–H and O–H groups in total. The van der Waals surface area contributed by atoms with Crippen LogP contribution in [0.4, 0.5) is 0 Å². The van der Waals surface area contributed by atoms with Crippen LogP contribution in [-0.4, -0.2) is 47.0 Å². The molecule has 1 aromatic carbocycles. The average molecular weight is 358 g/mol. The quantitative estimate of drug-likeness (QED) is 0.822. The van der Waals surface area contributed by atoms with E-state index < -0.39 is 5.91 Å². The van der Waals surface area contributed by atoms with E-state index >= 15 is 0 Å². The molecule has 1 aliphatic rings. The molecule has 2 atom stereocenters. The van der Waals surface area contributed by atoms with Gasteiger partial charge in [0.2, 0.25) is 5.91 Å². The molecule has 0 aliphatic carbocycles. The number of rotatable bonds is 5. The maximum absolute atomic E-state index is 12.6. The molecule has 138 valence electrons. The van der Waals surface area contributed by atoms with Gasteiger partial charge in [-0.2, -0.15) is 5.10 Å². The molecule has 1 aliphatic heterocycles. The Morgan fingerprint density at radius 2 is 2.08 bits per heavy atom. The molecule has 1 saturated heterocycles. The maximum Gasteiger partial charge on any atom is 0.255 e.